The standard InChI is InChI=1S/C12H14Cl2N2O3/c1-3-8(11(17)18)15-12(19)16-10-7(13)5-4-6(2)9(10)14/h4-5,8H,3H2,1-2H3,(H,17,18)(H2,15,16,19)/t8-/m0/s1. The van der Waals surface area contributed by atoms with E-state index in [4.69, 9.17) is 28.3 Å². The maximum Gasteiger partial charge on any atom is 0.326 e. The molecule has 0 heterocycles. The van der Waals surface area contributed by atoms with Crippen LogP contribution in [0.25, 0.3) is 0 Å². The Hall–Kier alpha value is -1.46. The quantitative estimate of drug-likeness (QED) is 0.798. The van der Waals surface area contributed by atoms with Gasteiger partial charge in [-0.3, -0.25) is 0 Å². The molecule has 19 heavy (non-hydrogen) atoms. The molecule has 1 aromatic carbocycles. The Bertz CT molecular complexity index is 506. The molecule has 0 radical (unpaired) electrons. The number of aliphatic carboxylic acids is 1. The van der Waals surface area contributed by atoms with Crippen LogP contribution in [0, 0.1) is 6.92 Å². The van der Waals surface area contributed by atoms with Crippen LogP contribution in [0.2, 0.25) is 10.0 Å². The van der Waals surface area contributed by atoms with Crippen LogP contribution in [0.3, 0.4) is 0 Å². The van der Waals surface area contributed by atoms with E-state index >= 15 is 0 Å². The fraction of sp³-hybridized carbons (Fsp3) is 0.333. The monoisotopic (exact) mass is 304 g/mol. The van der Waals surface area contributed by atoms with Crippen LogP contribution in [0.5, 0.6) is 0 Å². The lowest BCUT2D eigenvalue weighted by Gasteiger charge is -2.15. The number of anilines is 1. The summed E-state index contributed by atoms with van der Waals surface area (Å²) in [5.41, 5.74) is 1.02. The highest BCUT2D eigenvalue weighted by molar-refractivity contribution is 6.40. The number of hydrogen-bond acceptors (Lipinski definition) is 2. The van der Waals surface area contributed by atoms with Crippen molar-refractivity contribution in [3.8, 4) is 0 Å². The molecule has 3 N–H and O–H groups in total. The van der Waals surface area contributed by atoms with Crippen molar-refractivity contribution in [3.63, 3.8) is 0 Å². The molecule has 1 rings (SSSR count). The fourth-order valence-electron chi connectivity index (χ4n) is 1.42. The number of halogens is 2. The van der Waals surface area contributed by atoms with E-state index in [0.717, 1.165) is 5.56 Å². The minimum absolute atomic E-state index is 0.265. The van der Waals surface area contributed by atoms with Gasteiger partial charge in [-0.05, 0) is 25.0 Å². The van der Waals surface area contributed by atoms with Gasteiger partial charge in [0.05, 0.1) is 15.7 Å². The first kappa shape index (κ1) is 15.6. The fourth-order valence-corrected chi connectivity index (χ4v) is 1.88. The van der Waals surface area contributed by atoms with E-state index in [0.29, 0.717) is 5.02 Å². The van der Waals surface area contributed by atoms with Gasteiger partial charge in [-0.1, -0.05) is 36.2 Å². The van der Waals surface area contributed by atoms with Gasteiger partial charge < -0.3 is 15.7 Å². The van der Waals surface area contributed by atoms with E-state index in [1.54, 1.807) is 26.0 Å². The number of aryl methyl sites for hydroxylation is 1. The third-order valence-corrected chi connectivity index (χ3v) is 3.34. The van der Waals surface area contributed by atoms with E-state index in [1.807, 2.05) is 0 Å². The maximum absolute atomic E-state index is 11.7. The summed E-state index contributed by atoms with van der Waals surface area (Å²) in [6, 6.07) is 1.71. The Morgan fingerprint density at radius 2 is 2.00 bits per heavy atom. The lowest BCUT2D eigenvalue weighted by molar-refractivity contribution is -0.139. The zero-order valence-corrected chi connectivity index (χ0v) is 12.0. The van der Waals surface area contributed by atoms with Crippen LogP contribution >= 0.6 is 23.2 Å². The molecule has 0 aromatic heterocycles. The van der Waals surface area contributed by atoms with Gasteiger partial charge in [0.25, 0.3) is 0 Å². The van der Waals surface area contributed by atoms with Gasteiger partial charge in [0, 0.05) is 0 Å². The summed E-state index contributed by atoms with van der Waals surface area (Å²) >= 11 is 12.0. The maximum atomic E-state index is 11.7. The number of carbonyl (C=O) groups is 2. The topological polar surface area (TPSA) is 78.4 Å². The van der Waals surface area contributed by atoms with Crippen molar-refractivity contribution < 1.29 is 14.7 Å². The third kappa shape index (κ3) is 4.01. The molecule has 2 amide bonds. The van der Waals surface area contributed by atoms with Crippen molar-refractivity contribution in [2.45, 2.75) is 26.3 Å². The minimum atomic E-state index is -1.10. The number of carboxylic acid groups (broad SMARTS) is 1. The number of carboxylic acids is 1. The van der Waals surface area contributed by atoms with Gasteiger partial charge in [-0.15, -0.1) is 0 Å². The summed E-state index contributed by atoms with van der Waals surface area (Å²) in [5, 5.41) is 14.2. The zero-order valence-electron chi connectivity index (χ0n) is 10.5. The van der Waals surface area contributed by atoms with Gasteiger partial charge in [-0.25, -0.2) is 9.59 Å². The van der Waals surface area contributed by atoms with Crippen molar-refractivity contribution >= 4 is 40.9 Å². The number of urea groups is 1. The summed E-state index contributed by atoms with van der Waals surface area (Å²) in [4.78, 5) is 22.5. The van der Waals surface area contributed by atoms with E-state index in [1.165, 1.54) is 0 Å². The summed E-state index contributed by atoms with van der Waals surface area (Å²) in [5.74, 6) is -1.10. The van der Waals surface area contributed by atoms with Crippen LogP contribution in [0.15, 0.2) is 12.1 Å². The van der Waals surface area contributed by atoms with Crippen LogP contribution in [0.1, 0.15) is 18.9 Å². The lowest BCUT2D eigenvalue weighted by Crippen LogP contribution is -2.42. The molecule has 0 saturated carbocycles. The normalized spacial score (nSPS) is 11.8. The second-order valence-electron chi connectivity index (χ2n) is 3.95. The van der Waals surface area contributed by atoms with Crippen molar-refractivity contribution in [3.05, 3.63) is 27.7 Å². The smallest absolute Gasteiger partial charge is 0.326 e. The highest BCUT2D eigenvalue weighted by Gasteiger charge is 2.19. The molecular formula is C12H14Cl2N2O3. The van der Waals surface area contributed by atoms with Crippen molar-refractivity contribution in [1.29, 1.82) is 0 Å². The molecule has 0 aliphatic heterocycles. The first-order valence-corrected chi connectivity index (χ1v) is 6.37. The van der Waals surface area contributed by atoms with Crippen LogP contribution in [-0.4, -0.2) is 23.1 Å². The summed E-state index contributed by atoms with van der Waals surface area (Å²) < 4.78 is 0. The Morgan fingerprint density at radius 3 is 2.53 bits per heavy atom. The zero-order chi connectivity index (χ0) is 14.6. The molecule has 104 valence electrons. The molecule has 7 heteroatoms. The highest BCUT2D eigenvalue weighted by atomic mass is 35.5. The van der Waals surface area contributed by atoms with Crippen LogP contribution < -0.4 is 10.6 Å². The number of amides is 2. The Morgan fingerprint density at radius 1 is 1.37 bits per heavy atom. The van der Waals surface area contributed by atoms with E-state index in [-0.39, 0.29) is 17.1 Å². The molecule has 0 aliphatic carbocycles. The molecule has 1 atom stereocenters. The van der Waals surface area contributed by atoms with Crippen molar-refractivity contribution in [2.75, 3.05) is 5.32 Å². The number of rotatable bonds is 4. The van der Waals surface area contributed by atoms with Crippen molar-refractivity contribution in [1.82, 2.24) is 5.32 Å². The van der Waals surface area contributed by atoms with Gasteiger partial charge in [-0.2, -0.15) is 0 Å². The second kappa shape index (κ2) is 6.63. The Balaban J connectivity index is 2.83. The predicted octanol–water partition coefficient (Wildman–Crippen LogP) is 3.29. The Kier molecular flexibility index (Phi) is 5.44. The van der Waals surface area contributed by atoms with E-state index in [2.05, 4.69) is 10.6 Å². The lowest BCUT2D eigenvalue weighted by atomic mass is 10.2. The average molecular weight is 305 g/mol. The highest BCUT2D eigenvalue weighted by Crippen LogP contribution is 2.32. The first-order valence-electron chi connectivity index (χ1n) is 5.61. The number of nitrogens with one attached hydrogen (secondary N) is 2. The molecule has 1 aromatic rings. The molecule has 0 unspecified atom stereocenters. The van der Waals surface area contributed by atoms with Gasteiger partial charge in [0.2, 0.25) is 0 Å². The number of benzene rings is 1. The first-order chi connectivity index (χ1) is 8.86. The largest absolute Gasteiger partial charge is 0.480 e. The molecule has 0 bridgehead atoms. The van der Waals surface area contributed by atoms with Gasteiger partial charge in [0.1, 0.15) is 6.04 Å². The number of hydrogen-bond donors (Lipinski definition) is 3. The second-order valence-corrected chi connectivity index (χ2v) is 4.74. The predicted molar refractivity (Wildman–Crippen MR) is 75.1 cm³/mol. The van der Waals surface area contributed by atoms with E-state index < -0.39 is 18.0 Å². The number of carbonyl (C=O) groups excluding carboxylic acids is 1. The molecular weight excluding hydrogens is 291 g/mol. The summed E-state index contributed by atoms with van der Waals surface area (Å²) in [6.07, 6.45) is 0.276. The van der Waals surface area contributed by atoms with Crippen LogP contribution in [0.4, 0.5) is 10.5 Å². The molecule has 0 saturated heterocycles. The molecule has 0 aliphatic rings. The summed E-state index contributed by atoms with van der Waals surface area (Å²) in [6.45, 7) is 3.43. The van der Waals surface area contributed by atoms with Gasteiger partial charge >= 0.3 is 12.0 Å². The van der Waals surface area contributed by atoms with E-state index in [9.17, 15) is 9.59 Å². The Labute approximate surface area is 120 Å². The SMILES string of the molecule is CC[C@H](NC(=O)Nc1c(Cl)ccc(C)c1Cl)C(=O)O. The summed E-state index contributed by atoms with van der Waals surface area (Å²) in [7, 11) is 0. The van der Waals surface area contributed by atoms with Crippen molar-refractivity contribution in [2.24, 2.45) is 0 Å². The minimum Gasteiger partial charge on any atom is -0.480 e. The third-order valence-electron chi connectivity index (χ3n) is 2.53. The molecule has 0 fully saturated rings. The van der Waals surface area contributed by atoms with Gasteiger partial charge in [0.15, 0.2) is 0 Å². The average Bonchev–Trinajstić information content (AvgIpc) is 2.36. The molecule has 0 spiro atoms. The molecule has 5 nitrogen and oxygen atoms in total. The van der Waals surface area contributed by atoms with Crippen LogP contribution in [-0.2, 0) is 4.79 Å².